The highest BCUT2D eigenvalue weighted by atomic mass is 16.6. The van der Waals surface area contributed by atoms with Gasteiger partial charge in [-0.25, -0.2) is 4.79 Å². The summed E-state index contributed by atoms with van der Waals surface area (Å²) in [5.41, 5.74) is 5.82. The fourth-order valence-corrected chi connectivity index (χ4v) is 1.70. The minimum atomic E-state index is -0.344. The van der Waals surface area contributed by atoms with Gasteiger partial charge in [0, 0.05) is 6.54 Å². The van der Waals surface area contributed by atoms with E-state index in [1.54, 1.807) is 24.3 Å². The van der Waals surface area contributed by atoms with Crippen molar-refractivity contribution in [3.05, 3.63) is 35.9 Å². The fourth-order valence-electron chi connectivity index (χ4n) is 1.70. The quantitative estimate of drug-likeness (QED) is 0.374. The molecule has 0 fully saturated rings. The summed E-state index contributed by atoms with van der Waals surface area (Å²) in [6.45, 7) is 4.66. The predicted octanol–water partition coefficient (Wildman–Crippen LogP) is 0.869. The van der Waals surface area contributed by atoms with E-state index in [2.05, 4.69) is 0 Å². The second-order valence-electron chi connectivity index (χ2n) is 4.74. The third kappa shape index (κ3) is 11.1. The van der Waals surface area contributed by atoms with E-state index in [1.165, 1.54) is 0 Å². The van der Waals surface area contributed by atoms with Crippen molar-refractivity contribution in [2.75, 3.05) is 66.0 Å². The van der Waals surface area contributed by atoms with E-state index in [0.717, 1.165) is 0 Å². The molecular weight excluding hydrogens is 314 g/mol. The third-order valence-corrected chi connectivity index (χ3v) is 2.85. The Labute approximate surface area is 143 Å². The molecule has 0 radical (unpaired) electrons. The van der Waals surface area contributed by atoms with Crippen molar-refractivity contribution in [3.8, 4) is 0 Å². The van der Waals surface area contributed by atoms with Crippen LogP contribution in [0, 0.1) is 0 Å². The maximum Gasteiger partial charge on any atom is 0.338 e. The van der Waals surface area contributed by atoms with Gasteiger partial charge in [0.05, 0.1) is 58.4 Å². The molecule has 1 aromatic carbocycles. The number of carbonyl (C=O) groups excluding carboxylic acids is 1. The van der Waals surface area contributed by atoms with Crippen molar-refractivity contribution < 1.29 is 28.5 Å². The van der Waals surface area contributed by atoms with Crippen molar-refractivity contribution in [1.82, 2.24) is 0 Å². The van der Waals surface area contributed by atoms with E-state index in [4.69, 9.17) is 29.4 Å². The molecule has 1 aromatic rings. The number of hydrogen-bond donors (Lipinski definition) is 1. The summed E-state index contributed by atoms with van der Waals surface area (Å²) < 4.78 is 26.2. The van der Waals surface area contributed by atoms with E-state index < -0.39 is 0 Å². The molecule has 0 aliphatic carbocycles. The lowest BCUT2D eigenvalue weighted by Gasteiger charge is -2.08. The van der Waals surface area contributed by atoms with Gasteiger partial charge < -0.3 is 29.4 Å². The van der Waals surface area contributed by atoms with Gasteiger partial charge in [0.25, 0.3) is 0 Å². The van der Waals surface area contributed by atoms with Gasteiger partial charge in [-0.05, 0) is 12.1 Å². The molecule has 24 heavy (non-hydrogen) atoms. The van der Waals surface area contributed by atoms with Crippen LogP contribution in [0.4, 0.5) is 0 Å². The summed E-state index contributed by atoms with van der Waals surface area (Å²) in [5.74, 6) is -0.344. The van der Waals surface area contributed by atoms with Crippen molar-refractivity contribution in [2.24, 2.45) is 5.73 Å². The van der Waals surface area contributed by atoms with Gasteiger partial charge in [-0.1, -0.05) is 18.2 Å². The molecular formula is C17H27NO6. The first kappa shape index (κ1) is 20.5. The van der Waals surface area contributed by atoms with Crippen molar-refractivity contribution in [2.45, 2.75) is 0 Å². The lowest BCUT2D eigenvalue weighted by Crippen LogP contribution is -2.15. The molecule has 0 amide bonds. The lowest BCUT2D eigenvalue weighted by atomic mass is 10.2. The number of benzene rings is 1. The molecule has 0 bridgehead atoms. The first-order valence-corrected chi connectivity index (χ1v) is 8.08. The minimum absolute atomic E-state index is 0.222. The molecule has 0 spiro atoms. The summed E-state index contributed by atoms with van der Waals surface area (Å²) in [6, 6.07) is 8.86. The van der Waals surface area contributed by atoms with Gasteiger partial charge in [0.2, 0.25) is 0 Å². The van der Waals surface area contributed by atoms with Crippen molar-refractivity contribution in [1.29, 1.82) is 0 Å². The molecule has 0 aromatic heterocycles. The molecule has 7 heteroatoms. The second-order valence-corrected chi connectivity index (χ2v) is 4.74. The van der Waals surface area contributed by atoms with Crippen LogP contribution < -0.4 is 5.73 Å². The van der Waals surface area contributed by atoms with Crippen molar-refractivity contribution >= 4 is 5.97 Å². The smallest absolute Gasteiger partial charge is 0.338 e. The van der Waals surface area contributed by atoms with Crippen LogP contribution in [-0.2, 0) is 23.7 Å². The van der Waals surface area contributed by atoms with E-state index >= 15 is 0 Å². The van der Waals surface area contributed by atoms with E-state index in [0.29, 0.717) is 65.0 Å². The highest BCUT2D eigenvalue weighted by Crippen LogP contribution is 2.00. The molecule has 0 heterocycles. The summed E-state index contributed by atoms with van der Waals surface area (Å²) in [5, 5.41) is 0. The molecule has 0 aliphatic rings. The Hall–Kier alpha value is -1.51. The third-order valence-electron chi connectivity index (χ3n) is 2.85. The number of carbonyl (C=O) groups is 1. The average Bonchev–Trinajstić information content (AvgIpc) is 2.62. The summed E-state index contributed by atoms with van der Waals surface area (Å²) in [7, 11) is 0. The van der Waals surface area contributed by atoms with Crippen LogP contribution in [0.1, 0.15) is 10.4 Å². The lowest BCUT2D eigenvalue weighted by molar-refractivity contribution is -0.00840. The van der Waals surface area contributed by atoms with Crippen LogP contribution in [0.3, 0.4) is 0 Å². The second kappa shape index (κ2) is 15.0. The van der Waals surface area contributed by atoms with Gasteiger partial charge in [0.1, 0.15) is 6.61 Å². The Morgan fingerprint density at radius 1 is 0.708 bits per heavy atom. The highest BCUT2D eigenvalue weighted by Gasteiger charge is 2.04. The standard InChI is InChI=1S/C17H27NO6/c18-6-7-20-8-9-21-10-11-22-12-13-23-14-15-24-17(19)16-4-2-1-3-5-16/h1-5H,6-15,18H2. The SMILES string of the molecule is NCCOCCOCCOCCOCCOC(=O)c1ccccc1. The van der Waals surface area contributed by atoms with Crippen LogP contribution in [0.2, 0.25) is 0 Å². The average molecular weight is 341 g/mol. The Bertz CT molecular complexity index is 415. The first-order valence-electron chi connectivity index (χ1n) is 8.08. The van der Waals surface area contributed by atoms with E-state index in [9.17, 15) is 4.79 Å². The fraction of sp³-hybridized carbons (Fsp3) is 0.588. The molecule has 136 valence electrons. The van der Waals surface area contributed by atoms with Crippen LogP contribution in [0.5, 0.6) is 0 Å². The van der Waals surface area contributed by atoms with Crippen LogP contribution in [0.25, 0.3) is 0 Å². The molecule has 7 nitrogen and oxygen atoms in total. The topological polar surface area (TPSA) is 89.2 Å². The number of nitrogens with two attached hydrogens (primary N) is 1. The van der Waals surface area contributed by atoms with Crippen LogP contribution in [0.15, 0.2) is 30.3 Å². The van der Waals surface area contributed by atoms with Gasteiger partial charge in [-0.3, -0.25) is 0 Å². The van der Waals surface area contributed by atoms with Gasteiger partial charge >= 0.3 is 5.97 Å². The highest BCUT2D eigenvalue weighted by molar-refractivity contribution is 5.89. The molecule has 0 atom stereocenters. The largest absolute Gasteiger partial charge is 0.460 e. The van der Waals surface area contributed by atoms with Crippen LogP contribution in [-0.4, -0.2) is 72.0 Å². The molecule has 0 saturated heterocycles. The predicted molar refractivity (Wildman–Crippen MR) is 89.1 cm³/mol. The normalized spacial score (nSPS) is 10.7. The van der Waals surface area contributed by atoms with Crippen LogP contribution >= 0.6 is 0 Å². The molecule has 2 N–H and O–H groups in total. The maximum absolute atomic E-state index is 11.6. The monoisotopic (exact) mass is 341 g/mol. The molecule has 0 aliphatic heterocycles. The number of ether oxygens (including phenoxy) is 5. The zero-order chi connectivity index (χ0) is 17.3. The maximum atomic E-state index is 11.6. The van der Waals surface area contributed by atoms with Gasteiger partial charge in [-0.15, -0.1) is 0 Å². The minimum Gasteiger partial charge on any atom is -0.460 e. The first-order chi connectivity index (χ1) is 11.8. The summed E-state index contributed by atoms with van der Waals surface area (Å²) >= 11 is 0. The Kier molecular flexibility index (Phi) is 12.9. The van der Waals surface area contributed by atoms with E-state index in [-0.39, 0.29) is 12.6 Å². The van der Waals surface area contributed by atoms with Crippen molar-refractivity contribution in [3.63, 3.8) is 0 Å². The zero-order valence-corrected chi connectivity index (χ0v) is 14.0. The number of esters is 1. The van der Waals surface area contributed by atoms with E-state index in [1.807, 2.05) is 6.07 Å². The zero-order valence-electron chi connectivity index (χ0n) is 14.0. The molecule has 0 saturated carbocycles. The Morgan fingerprint density at radius 2 is 1.17 bits per heavy atom. The molecule has 1 rings (SSSR count). The Balaban J connectivity index is 1.80. The number of hydrogen-bond acceptors (Lipinski definition) is 7. The number of rotatable bonds is 15. The summed E-state index contributed by atoms with van der Waals surface area (Å²) in [4.78, 5) is 11.6. The summed E-state index contributed by atoms with van der Waals surface area (Å²) in [6.07, 6.45) is 0. The van der Waals surface area contributed by atoms with Gasteiger partial charge in [0.15, 0.2) is 0 Å². The Morgan fingerprint density at radius 3 is 1.67 bits per heavy atom. The molecule has 0 unspecified atom stereocenters. The van der Waals surface area contributed by atoms with Gasteiger partial charge in [-0.2, -0.15) is 0 Å².